The van der Waals surface area contributed by atoms with Gasteiger partial charge in [-0.2, -0.15) is 4.31 Å². The number of benzene rings is 1. The van der Waals surface area contributed by atoms with Crippen molar-refractivity contribution in [1.82, 2.24) is 19.8 Å². The van der Waals surface area contributed by atoms with Crippen LogP contribution in [0.4, 0.5) is 0 Å². The Morgan fingerprint density at radius 3 is 2.48 bits per heavy atom. The molecule has 0 spiro atoms. The molecule has 2 aliphatic rings. The lowest BCUT2D eigenvalue weighted by Gasteiger charge is -2.30. The fourth-order valence-corrected chi connectivity index (χ4v) is 6.08. The fraction of sp³-hybridized carbons (Fsp3) is 0.696. The van der Waals surface area contributed by atoms with Gasteiger partial charge < -0.3 is 15.5 Å². The molecule has 0 radical (unpaired) electrons. The lowest BCUT2D eigenvalue weighted by Crippen LogP contribution is -2.40. The van der Waals surface area contributed by atoms with E-state index in [1.807, 2.05) is 12.1 Å². The van der Waals surface area contributed by atoms with Gasteiger partial charge in [0.15, 0.2) is 5.96 Å². The number of likely N-dealkylation sites (tertiary alicyclic amines) is 1. The summed E-state index contributed by atoms with van der Waals surface area (Å²) < 4.78 is 27.9. The molecule has 2 N–H and O–H groups in total. The smallest absolute Gasteiger partial charge is 0.243 e. The summed E-state index contributed by atoms with van der Waals surface area (Å²) in [6, 6.07) is 7.29. The summed E-state index contributed by atoms with van der Waals surface area (Å²) in [5.74, 6) is 1.57. The maximum atomic E-state index is 13.2. The molecule has 8 heteroatoms. The molecule has 2 aliphatic heterocycles. The largest absolute Gasteiger partial charge is 0.356 e. The van der Waals surface area contributed by atoms with Crippen molar-refractivity contribution in [1.29, 1.82) is 0 Å². The van der Waals surface area contributed by atoms with Crippen molar-refractivity contribution in [2.75, 3.05) is 46.3 Å². The second kappa shape index (κ2) is 11.8. The molecule has 7 nitrogen and oxygen atoms in total. The lowest BCUT2D eigenvalue weighted by atomic mass is 9.99. The molecule has 0 aliphatic carbocycles. The number of rotatable bonds is 8. The summed E-state index contributed by atoms with van der Waals surface area (Å²) >= 11 is 0. The second-order valence-electron chi connectivity index (χ2n) is 8.80. The summed E-state index contributed by atoms with van der Waals surface area (Å²) in [6.45, 7) is 8.35. The first-order valence-corrected chi connectivity index (χ1v) is 13.2. The van der Waals surface area contributed by atoms with Crippen LogP contribution in [0.2, 0.25) is 0 Å². The van der Waals surface area contributed by atoms with E-state index in [1.165, 1.54) is 25.9 Å². The van der Waals surface area contributed by atoms with Gasteiger partial charge in [0.25, 0.3) is 0 Å². The van der Waals surface area contributed by atoms with Crippen molar-refractivity contribution in [2.45, 2.75) is 56.9 Å². The Bertz CT molecular complexity index is 813. The van der Waals surface area contributed by atoms with E-state index in [9.17, 15) is 8.42 Å². The van der Waals surface area contributed by atoms with Crippen LogP contribution in [0.5, 0.6) is 0 Å². The quantitative estimate of drug-likeness (QED) is 0.362. The van der Waals surface area contributed by atoms with E-state index in [-0.39, 0.29) is 0 Å². The number of guanidine groups is 1. The van der Waals surface area contributed by atoms with Gasteiger partial charge in [0.2, 0.25) is 10.0 Å². The van der Waals surface area contributed by atoms with E-state index in [1.54, 1.807) is 23.5 Å². The van der Waals surface area contributed by atoms with Gasteiger partial charge in [-0.05, 0) is 69.3 Å². The zero-order chi connectivity index (χ0) is 22.1. The van der Waals surface area contributed by atoms with E-state index in [0.717, 1.165) is 50.3 Å². The van der Waals surface area contributed by atoms with E-state index >= 15 is 0 Å². The van der Waals surface area contributed by atoms with E-state index in [2.05, 4.69) is 27.4 Å². The van der Waals surface area contributed by atoms with Crippen LogP contribution in [-0.4, -0.2) is 69.9 Å². The minimum Gasteiger partial charge on any atom is -0.356 e. The molecule has 0 saturated carbocycles. The van der Waals surface area contributed by atoms with Crippen LogP contribution in [-0.2, 0) is 16.6 Å². The highest BCUT2D eigenvalue weighted by Crippen LogP contribution is 2.23. The van der Waals surface area contributed by atoms with E-state index in [4.69, 9.17) is 0 Å². The minimum atomic E-state index is -3.46. The molecule has 3 rings (SSSR count). The van der Waals surface area contributed by atoms with Crippen molar-refractivity contribution in [3.63, 3.8) is 0 Å². The first-order valence-electron chi connectivity index (χ1n) is 11.8. The first-order chi connectivity index (χ1) is 15.0. The maximum absolute atomic E-state index is 13.2. The maximum Gasteiger partial charge on any atom is 0.243 e. The summed E-state index contributed by atoms with van der Waals surface area (Å²) in [4.78, 5) is 7.24. The summed E-state index contributed by atoms with van der Waals surface area (Å²) in [7, 11) is -1.71. The Kier molecular flexibility index (Phi) is 9.16. The van der Waals surface area contributed by atoms with E-state index in [0.29, 0.717) is 30.5 Å². The first kappa shape index (κ1) is 24.0. The van der Waals surface area contributed by atoms with Gasteiger partial charge in [0.1, 0.15) is 0 Å². The molecule has 2 fully saturated rings. The van der Waals surface area contributed by atoms with Gasteiger partial charge in [0.05, 0.1) is 4.90 Å². The Morgan fingerprint density at radius 2 is 1.77 bits per heavy atom. The molecule has 0 unspecified atom stereocenters. The van der Waals surface area contributed by atoms with Gasteiger partial charge >= 0.3 is 0 Å². The highest BCUT2D eigenvalue weighted by Gasteiger charge is 2.27. The molecular weight excluding hydrogens is 410 g/mol. The minimum absolute atomic E-state index is 0.402. The van der Waals surface area contributed by atoms with Crippen LogP contribution in [0.15, 0.2) is 34.2 Å². The molecule has 174 valence electrons. The third-order valence-corrected chi connectivity index (χ3v) is 8.39. The number of hydrogen-bond donors (Lipinski definition) is 2. The Labute approximate surface area is 188 Å². The number of nitrogens with one attached hydrogen (secondary N) is 2. The zero-order valence-electron chi connectivity index (χ0n) is 19.1. The van der Waals surface area contributed by atoms with Crippen LogP contribution in [0.1, 0.15) is 51.0 Å². The molecule has 31 heavy (non-hydrogen) atoms. The molecule has 2 heterocycles. The van der Waals surface area contributed by atoms with Gasteiger partial charge in [-0.15, -0.1) is 0 Å². The SMILES string of the molecule is CN=C(NCCCN1CCC(C)CC1)NCc1ccccc1S(=O)(=O)N1CCCCC1. The monoisotopic (exact) mass is 449 g/mol. The number of hydrogen-bond acceptors (Lipinski definition) is 4. The zero-order valence-corrected chi connectivity index (χ0v) is 20.0. The van der Waals surface area contributed by atoms with Gasteiger partial charge in [-0.1, -0.05) is 31.5 Å². The number of nitrogens with zero attached hydrogens (tertiary/aromatic N) is 3. The Morgan fingerprint density at radius 1 is 1.06 bits per heavy atom. The molecule has 0 atom stereocenters. The van der Waals surface area contributed by atoms with Crippen molar-refractivity contribution >= 4 is 16.0 Å². The Hall–Kier alpha value is -1.64. The van der Waals surface area contributed by atoms with Crippen molar-refractivity contribution in [3.8, 4) is 0 Å². The standard InChI is InChI=1S/C23H39N5O2S/c1-20-11-17-27(18-12-20)14-8-13-25-23(24-2)26-19-21-9-4-5-10-22(21)31(29,30)28-15-6-3-7-16-28/h4-5,9-10,20H,3,6-8,11-19H2,1-2H3,(H2,24,25,26). The topological polar surface area (TPSA) is 77.0 Å². The summed E-state index contributed by atoms with van der Waals surface area (Å²) in [5, 5.41) is 6.65. The lowest BCUT2D eigenvalue weighted by molar-refractivity contribution is 0.191. The number of sulfonamides is 1. The van der Waals surface area contributed by atoms with Crippen molar-refractivity contribution in [3.05, 3.63) is 29.8 Å². The highest BCUT2D eigenvalue weighted by molar-refractivity contribution is 7.89. The molecule has 1 aromatic carbocycles. The van der Waals surface area contributed by atoms with Crippen LogP contribution >= 0.6 is 0 Å². The predicted octanol–water partition coefficient (Wildman–Crippen LogP) is 2.65. The highest BCUT2D eigenvalue weighted by atomic mass is 32.2. The van der Waals surface area contributed by atoms with Gasteiger partial charge in [0, 0.05) is 33.2 Å². The van der Waals surface area contributed by atoms with Crippen LogP contribution in [0.3, 0.4) is 0 Å². The Balaban J connectivity index is 1.49. The average molecular weight is 450 g/mol. The molecule has 0 amide bonds. The molecule has 0 aromatic heterocycles. The van der Waals surface area contributed by atoms with Crippen LogP contribution in [0.25, 0.3) is 0 Å². The predicted molar refractivity (Wildman–Crippen MR) is 127 cm³/mol. The molecule has 2 saturated heterocycles. The average Bonchev–Trinajstić information content (AvgIpc) is 2.80. The van der Waals surface area contributed by atoms with Crippen molar-refractivity contribution in [2.24, 2.45) is 10.9 Å². The van der Waals surface area contributed by atoms with Crippen LogP contribution in [0, 0.1) is 5.92 Å². The number of piperidine rings is 2. The second-order valence-corrected chi connectivity index (χ2v) is 10.7. The van der Waals surface area contributed by atoms with E-state index < -0.39 is 10.0 Å². The molecular formula is C23H39N5O2S. The van der Waals surface area contributed by atoms with Gasteiger partial charge in [-0.25, -0.2) is 8.42 Å². The van der Waals surface area contributed by atoms with Gasteiger partial charge in [-0.3, -0.25) is 4.99 Å². The fourth-order valence-electron chi connectivity index (χ4n) is 4.34. The third-order valence-electron chi connectivity index (χ3n) is 6.40. The van der Waals surface area contributed by atoms with Crippen LogP contribution < -0.4 is 10.6 Å². The molecule has 1 aromatic rings. The molecule has 0 bridgehead atoms. The third kappa shape index (κ3) is 6.92. The van der Waals surface area contributed by atoms with Crippen molar-refractivity contribution < 1.29 is 8.42 Å². The summed E-state index contributed by atoms with van der Waals surface area (Å²) in [6.07, 6.45) is 6.65. The number of aliphatic imine (C=N–C) groups is 1. The summed E-state index contributed by atoms with van der Waals surface area (Å²) in [5.41, 5.74) is 0.776. The normalized spacial score (nSPS) is 20.0.